The van der Waals surface area contributed by atoms with Gasteiger partial charge in [0.15, 0.2) is 5.65 Å². The Morgan fingerprint density at radius 3 is 2.67 bits per heavy atom. The molecule has 2 heterocycles. The van der Waals surface area contributed by atoms with Crippen LogP contribution in [-0.2, 0) is 11.2 Å². The van der Waals surface area contributed by atoms with Crippen molar-refractivity contribution in [1.82, 2.24) is 14.5 Å². The fourth-order valence-electron chi connectivity index (χ4n) is 2.44. The number of benzene rings is 1. The van der Waals surface area contributed by atoms with Gasteiger partial charge in [0.05, 0.1) is 30.2 Å². The molecular weight excluding hydrogens is 306 g/mol. The van der Waals surface area contributed by atoms with Crippen molar-refractivity contribution in [3.8, 4) is 5.69 Å². The van der Waals surface area contributed by atoms with Gasteiger partial charge in [-0.2, -0.15) is 0 Å². The second kappa shape index (κ2) is 6.80. The minimum absolute atomic E-state index is 0.205. The number of carboxylic acids is 1. The Hall–Kier alpha value is -2.73. The van der Waals surface area contributed by atoms with E-state index in [1.165, 1.54) is 0 Å². The largest absolute Gasteiger partial charge is 0.478 e. The first-order valence-electron chi connectivity index (χ1n) is 7.83. The van der Waals surface area contributed by atoms with E-state index in [-0.39, 0.29) is 11.7 Å². The highest BCUT2D eigenvalue weighted by Gasteiger charge is 2.08. The average Bonchev–Trinajstić information content (AvgIpc) is 2.98. The zero-order valence-electron chi connectivity index (χ0n) is 13.6. The van der Waals surface area contributed by atoms with Gasteiger partial charge >= 0.3 is 5.97 Å². The third-order valence-corrected chi connectivity index (χ3v) is 3.64. The molecule has 0 aliphatic carbocycles. The number of aromatic nitrogens is 3. The molecule has 0 bridgehead atoms. The number of fused-ring (bicyclic) bond motifs is 1. The minimum Gasteiger partial charge on any atom is -0.478 e. The highest BCUT2D eigenvalue weighted by molar-refractivity contribution is 5.87. The van der Waals surface area contributed by atoms with Crippen LogP contribution < -0.4 is 0 Å². The van der Waals surface area contributed by atoms with E-state index in [1.807, 2.05) is 30.7 Å². The average molecular weight is 325 g/mol. The molecule has 3 rings (SSSR count). The number of ether oxygens (including phenoxy) is 1. The second-order valence-electron chi connectivity index (χ2n) is 5.78. The van der Waals surface area contributed by atoms with Crippen LogP contribution in [0, 0.1) is 0 Å². The second-order valence-corrected chi connectivity index (χ2v) is 5.78. The monoisotopic (exact) mass is 325 g/mol. The summed E-state index contributed by atoms with van der Waals surface area (Å²) in [7, 11) is 0. The van der Waals surface area contributed by atoms with E-state index >= 15 is 0 Å². The van der Waals surface area contributed by atoms with Crippen LogP contribution in [0.4, 0.5) is 0 Å². The van der Waals surface area contributed by atoms with Crippen LogP contribution in [0.15, 0.2) is 42.7 Å². The van der Waals surface area contributed by atoms with Crippen LogP contribution in [0.3, 0.4) is 0 Å². The van der Waals surface area contributed by atoms with E-state index in [4.69, 9.17) is 9.84 Å². The lowest BCUT2D eigenvalue weighted by Gasteiger charge is -2.07. The summed E-state index contributed by atoms with van der Waals surface area (Å²) in [5.41, 5.74) is 3.54. The summed E-state index contributed by atoms with van der Waals surface area (Å²) in [6.07, 6.45) is 4.57. The highest BCUT2D eigenvalue weighted by atomic mass is 16.5. The van der Waals surface area contributed by atoms with Crippen LogP contribution in [0.5, 0.6) is 0 Å². The van der Waals surface area contributed by atoms with Gasteiger partial charge in [0.2, 0.25) is 0 Å². The molecule has 3 aromatic rings. The van der Waals surface area contributed by atoms with Gasteiger partial charge < -0.3 is 9.84 Å². The zero-order valence-corrected chi connectivity index (χ0v) is 13.6. The van der Waals surface area contributed by atoms with E-state index in [0.29, 0.717) is 6.61 Å². The zero-order chi connectivity index (χ0) is 17.1. The smallest absolute Gasteiger partial charge is 0.335 e. The van der Waals surface area contributed by atoms with E-state index in [9.17, 15) is 4.79 Å². The van der Waals surface area contributed by atoms with Crippen LogP contribution in [0.25, 0.3) is 16.9 Å². The van der Waals surface area contributed by atoms with Crippen molar-refractivity contribution in [2.24, 2.45) is 0 Å². The predicted molar refractivity (Wildman–Crippen MR) is 90.6 cm³/mol. The molecule has 6 nitrogen and oxygen atoms in total. The van der Waals surface area contributed by atoms with Crippen molar-refractivity contribution >= 4 is 17.1 Å². The molecule has 0 unspecified atom stereocenters. The van der Waals surface area contributed by atoms with Crippen LogP contribution in [-0.4, -0.2) is 38.3 Å². The predicted octanol–water partition coefficient (Wildman–Crippen LogP) is 3.09. The molecule has 0 fully saturated rings. The topological polar surface area (TPSA) is 77.2 Å². The van der Waals surface area contributed by atoms with Gasteiger partial charge in [-0.05, 0) is 44.2 Å². The first-order chi connectivity index (χ1) is 11.5. The summed E-state index contributed by atoms with van der Waals surface area (Å²) in [6, 6.07) is 8.58. The molecule has 0 saturated heterocycles. The molecule has 1 N–H and O–H groups in total. The fraction of sp³-hybridized carbons (Fsp3) is 0.278. The minimum atomic E-state index is -0.938. The number of carbonyl (C=O) groups is 1. The number of rotatable bonds is 6. The summed E-state index contributed by atoms with van der Waals surface area (Å²) in [4.78, 5) is 20.0. The Kier molecular flexibility index (Phi) is 4.57. The van der Waals surface area contributed by atoms with Crippen molar-refractivity contribution in [2.75, 3.05) is 6.61 Å². The first-order valence-corrected chi connectivity index (χ1v) is 7.83. The summed E-state index contributed by atoms with van der Waals surface area (Å²) in [5, 5.41) is 8.97. The molecule has 6 heteroatoms. The van der Waals surface area contributed by atoms with Crippen molar-refractivity contribution in [2.45, 2.75) is 26.4 Å². The van der Waals surface area contributed by atoms with Crippen molar-refractivity contribution < 1.29 is 14.6 Å². The van der Waals surface area contributed by atoms with E-state index in [0.717, 1.165) is 29.0 Å². The first kappa shape index (κ1) is 16.1. The standard InChI is InChI=1S/C18H19N3O3/c1-12(2)24-10-8-14-11-19-17-16(20-14)7-9-21(17)15-5-3-13(4-6-15)18(22)23/h3-7,9,11-12H,8,10H2,1-2H3,(H,22,23). The maximum Gasteiger partial charge on any atom is 0.335 e. The normalized spacial score (nSPS) is 11.3. The maximum atomic E-state index is 10.9. The highest BCUT2D eigenvalue weighted by Crippen LogP contribution is 2.18. The summed E-state index contributed by atoms with van der Waals surface area (Å²) < 4.78 is 7.43. The molecular formula is C18H19N3O3. The third kappa shape index (κ3) is 3.44. The van der Waals surface area contributed by atoms with Gasteiger partial charge in [0.25, 0.3) is 0 Å². The number of aromatic carboxylic acids is 1. The lowest BCUT2D eigenvalue weighted by atomic mass is 10.2. The van der Waals surface area contributed by atoms with Gasteiger partial charge in [-0.1, -0.05) is 0 Å². The molecule has 0 aliphatic rings. The SMILES string of the molecule is CC(C)OCCc1cnc2c(ccn2-c2ccc(C(=O)O)cc2)n1. The maximum absolute atomic E-state index is 10.9. The van der Waals surface area contributed by atoms with Crippen LogP contribution in [0.1, 0.15) is 29.9 Å². The Morgan fingerprint density at radius 2 is 2.00 bits per heavy atom. The summed E-state index contributed by atoms with van der Waals surface area (Å²) >= 11 is 0. The van der Waals surface area contributed by atoms with Crippen LogP contribution in [0.2, 0.25) is 0 Å². The molecule has 0 saturated carbocycles. The third-order valence-electron chi connectivity index (χ3n) is 3.64. The molecule has 0 atom stereocenters. The lowest BCUT2D eigenvalue weighted by Crippen LogP contribution is -2.07. The Bertz CT molecular complexity index is 854. The molecule has 0 radical (unpaired) electrons. The number of carboxylic acid groups (broad SMARTS) is 1. The van der Waals surface area contributed by atoms with Crippen molar-refractivity contribution in [3.63, 3.8) is 0 Å². The molecule has 1 aromatic carbocycles. The molecule has 0 spiro atoms. The van der Waals surface area contributed by atoms with E-state index < -0.39 is 5.97 Å². The van der Waals surface area contributed by atoms with Gasteiger partial charge in [-0.3, -0.25) is 4.57 Å². The molecule has 2 aromatic heterocycles. The summed E-state index contributed by atoms with van der Waals surface area (Å²) in [5.74, 6) is -0.938. The van der Waals surface area contributed by atoms with Gasteiger partial charge in [-0.15, -0.1) is 0 Å². The van der Waals surface area contributed by atoms with Crippen LogP contribution >= 0.6 is 0 Å². The Balaban J connectivity index is 1.84. The van der Waals surface area contributed by atoms with Crippen molar-refractivity contribution in [1.29, 1.82) is 0 Å². The lowest BCUT2D eigenvalue weighted by molar-refractivity contribution is 0.0696. The molecule has 124 valence electrons. The quantitative estimate of drug-likeness (QED) is 0.753. The molecule has 0 amide bonds. The fourth-order valence-corrected chi connectivity index (χ4v) is 2.44. The molecule has 0 aliphatic heterocycles. The Labute approximate surface area is 139 Å². The van der Waals surface area contributed by atoms with Crippen molar-refractivity contribution in [3.05, 3.63) is 54.0 Å². The molecule has 24 heavy (non-hydrogen) atoms. The van der Waals surface area contributed by atoms with Gasteiger partial charge in [0.1, 0.15) is 5.52 Å². The van der Waals surface area contributed by atoms with E-state index in [1.54, 1.807) is 30.5 Å². The van der Waals surface area contributed by atoms with Gasteiger partial charge in [0, 0.05) is 18.3 Å². The number of nitrogens with zero attached hydrogens (tertiary/aromatic N) is 3. The van der Waals surface area contributed by atoms with Gasteiger partial charge in [-0.25, -0.2) is 14.8 Å². The number of hydrogen-bond donors (Lipinski definition) is 1. The van der Waals surface area contributed by atoms with E-state index in [2.05, 4.69) is 9.97 Å². The number of hydrogen-bond acceptors (Lipinski definition) is 4. The summed E-state index contributed by atoms with van der Waals surface area (Å²) in [6.45, 7) is 4.63. The Morgan fingerprint density at radius 1 is 1.25 bits per heavy atom.